The Morgan fingerprint density at radius 1 is 0.919 bits per heavy atom. The molecule has 37 heavy (non-hydrogen) atoms. The lowest BCUT2D eigenvalue weighted by atomic mass is 10.1. The van der Waals surface area contributed by atoms with Crippen LogP contribution in [0.15, 0.2) is 78.9 Å². The van der Waals surface area contributed by atoms with Crippen LogP contribution in [0.5, 0.6) is 5.75 Å². The van der Waals surface area contributed by atoms with Gasteiger partial charge in [0.25, 0.3) is 0 Å². The fraction of sp³-hybridized carbons (Fsp3) is 0.207. The number of nitrogens with one attached hydrogen (secondary N) is 2. The van der Waals surface area contributed by atoms with E-state index in [4.69, 9.17) is 9.84 Å². The summed E-state index contributed by atoms with van der Waals surface area (Å²) in [6, 6.07) is 23.6. The highest BCUT2D eigenvalue weighted by molar-refractivity contribution is 5.76. The lowest BCUT2D eigenvalue weighted by molar-refractivity contribution is -0.121. The summed E-state index contributed by atoms with van der Waals surface area (Å²) >= 11 is 0. The molecular formula is C29H29FN4O3. The highest BCUT2D eigenvalue weighted by atomic mass is 19.1. The van der Waals surface area contributed by atoms with Crippen molar-refractivity contribution >= 4 is 11.8 Å². The van der Waals surface area contributed by atoms with Crippen LogP contribution in [0, 0.1) is 5.82 Å². The first-order valence-corrected chi connectivity index (χ1v) is 12.0. The van der Waals surface area contributed by atoms with Crippen molar-refractivity contribution in [3.8, 4) is 22.7 Å². The first kappa shape index (κ1) is 25.6. The molecule has 0 saturated heterocycles. The van der Waals surface area contributed by atoms with Crippen LogP contribution < -0.4 is 15.4 Å². The fourth-order valence-corrected chi connectivity index (χ4v) is 3.92. The molecule has 7 nitrogen and oxygen atoms in total. The van der Waals surface area contributed by atoms with Crippen molar-refractivity contribution in [2.75, 3.05) is 7.11 Å². The van der Waals surface area contributed by atoms with Crippen LogP contribution in [0.2, 0.25) is 0 Å². The number of amides is 2. The molecule has 2 N–H and O–H groups in total. The zero-order valence-electron chi connectivity index (χ0n) is 20.8. The first-order valence-electron chi connectivity index (χ1n) is 12.0. The van der Waals surface area contributed by atoms with Gasteiger partial charge in [0, 0.05) is 38.4 Å². The molecule has 1 aromatic heterocycles. The van der Waals surface area contributed by atoms with Gasteiger partial charge in [-0.2, -0.15) is 5.10 Å². The van der Waals surface area contributed by atoms with Crippen molar-refractivity contribution < 1.29 is 18.7 Å². The minimum Gasteiger partial charge on any atom is -0.497 e. The molecule has 4 aromatic rings. The van der Waals surface area contributed by atoms with E-state index in [9.17, 15) is 14.0 Å². The molecule has 2 amide bonds. The topological polar surface area (TPSA) is 85.2 Å². The number of carbonyl (C=O) groups is 2. The van der Waals surface area contributed by atoms with Crippen LogP contribution in [0.3, 0.4) is 0 Å². The molecule has 3 aromatic carbocycles. The van der Waals surface area contributed by atoms with E-state index in [1.54, 1.807) is 19.2 Å². The summed E-state index contributed by atoms with van der Waals surface area (Å²) in [5.74, 6) is 0.184. The maximum absolute atomic E-state index is 13.4. The number of halogens is 1. The summed E-state index contributed by atoms with van der Waals surface area (Å²) in [6.45, 7) is 2.19. The third-order valence-corrected chi connectivity index (χ3v) is 5.83. The lowest BCUT2D eigenvalue weighted by Gasteiger charge is -2.10. The Kier molecular flexibility index (Phi) is 8.30. The maximum atomic E-state index is 13.4. The van der Waals surface area contributed by atoms with Gasteiger partial charge >= 0.3 is 0 Å². The van der Waals surface area contributed by atoms with E-state index in [1.807, 2.05) is 59.3 Å². The Morgan fingerprint density at radius 2 is 1.62 bits per heavy atom. The Labute approximate surface area is 215 Å². The third-order valence-electron chi connectivity index (χ3n) is 5.83. The lowest BCUT2D eigenvalue weighted by Crippen LogP contribution is -2.23. The smallest absolute Gasteiger partial charge is 0.220 e. The second kappa shape index (κ2) is 12.0. The van der Waals surface area contributed by atoms with Crippen LogP contribution in [0.25, 0.3) is 16.9 Å². The highest BCUT2D eigenvalue weighted by Crippen LogP contribution is 2.26. The average Bonchev–Trinajstić information content (AvgIpc) is 3.34. The minimum absolute atomic E-state index is 0.0911. The van der Waals surface area contributed by atoms with E-state index in [2.05, 4.69) is 10.6 Å². The molecule has 190 valence electrons. The summed E-state index contributed by atoms with van der Waals surface area (Å²) in [6.07, 6.45) is 0.688. The molecule has 4 rings (SSSR count). The van der Waals surface area contributed by atoms with Gasteiger partial charge in [-0.1, -0.05) is 30.3 Å². The van der Waals surface area contributed by atoms with E-state index >= 15 is 0 Å². The van der Waals surface area contributed by atoms with Crippen molar-refractivity contribution in [2.45, 2.75) is 32.9 Å². The standard InChI is InChI=1S/C29H29FN4O3/c1-20(35)31-18-21-5-3-7-23(15-21)28-17-25(33-34(28)26-10-12-27(37-2)13-11-26)9-14-29(36)32-19-22-6-4-8-24(30)16-22/h3-8,10-13,15-17H,9,14,18-19H2,1-2H3,(H,31,35)(H,32,36). The van der Waals surface area contributed by atoms with Crippen LogP contribution >= 0.6 is 0 Å². The van der Waals surface area contributed by atoms with Gasteiger partial charge in [0.15, 0.2) is 0 Å². The molecule has 8 heteroatoms. The number of ether oxygens (including phenoxy) is 1. The van der Waals surface area contributed by atoms with Crippen molar-refractivity contribution in [2.24, 2.45) is 0 Å². The Balaban J connectivity index is 1.53. The van der Waals surface area contributed by atoms with Gasteiger partial charge in [0.1, 0.15) is 11.6 Å². The van der Waals surface area contributed by atoms with Gasteiger partial charge in [-0.15, -0.1) is 0 Å². The van der Waals surface area contributed by atoms with Crippen molar-refractivity contribution in [1.29, 1.82) is 0 Å². The van der Waals surface area contributed by atoms with Crippen molar-refractivity contribution in [3.05, 3.63) is 102 Å². The Bertz CT molecular complexity index is 1380. The molecule has 0 saturated carbocycles. The van der Waals surface area contributed by atoms with E-state index in [1.165, 1.54) is 19.1 Å². The molecule has 0 atom stereocenters. The number of nitrogens with zero attached hydrogens (tertiary/aromatic N) is 2. The summed E-state index contributed by atoms with van der Waals surface area (Å²) in [7, 11) is 1.62. The molecule has 0 spiro atoms. The molecule has 0 aliphatic rings. The van der Waals surface area contributed by atoms with Crippen molar-refractivity contribution in [3.63, 3.8) is 0 Å². The number of carbonyl (C=O) groups excluding carboxylic acids is 2. The summed E-state index contributed by atoms with van der Waals surface area (Å²) in [5, 5.41) is 10.5. The second-order valence-corrected chi connectivity index (χ2v) is 8.65. The number of methoxy groups -OCH3 is 1. The zero-order chi connectivity index (χ0) is 26.2. The van der Waals surface area contributed by atoms with Crippen molar-refractivity contribution in [1.82, 2.24) is 20.4 Å². The summed E-state index contributed by atoms with van der Waals surface area (Å²) in [4.78, 5) is 23.8. The van der Waals surface area contributed by atoms with Crippen LogP contribution in [0.1, 0.15) is 30.2 Å². The second-order valence-electron chi connectivity index (χ2n) is 8.65. The van der Waals surface area contributed by atoms with E-state index in [0.717, 1.165) is 34.0 Å². The molecule has 0 aliphatic heterocycles. The van der Waals surface area contributed by atoms with Gasteiger partial charge in [-0.3, -0.25) is 9.59 Å². The molecule has 0 unspecified atom stereocenters. The molecule has 0 radical (unpaired) electrons. The fourth-order valence-electron chi connectivity index (χ4n) is 3.92. The van der Waals surface area contributed by atoms with Gasteiger partial charge in [0.05, 0.1) is 24.2 Å². The summed E-state index contributed by atoms with van der Waals surface area (Å²) < 4.78 is 20.5. The molecular weight excluding hydrogens is 471 g/mol. The first-order chi connectivity index (χ1) is 17.9. The highest BCUT2D eigenvalue weighted by Gasteiger charge is 2.14. The molecule has 1 heterocycles. The zero-order valence-corrected chi connectivity index (χ0v) is 20.8. The quantitative estimate of drug-likeness (QED) is 0.334. The average molecular weight is 501 g/mol. The van der Waals surface area contributed by atoms with E-state index < -0.39 is 0 Å². The minimum atomic E-state index is -0.329. The Morgan fingerprint density at radius 3 is 2.32 bits per heavy atom. The van der Waals surface area contributed by atoms with Gasteiger partial charge < -0.3 is 15.4 Å². The van der Waals surface area contributed by atoms with E-state index in [0.29, 0.717) is 18.5 Å². The number of aromatic nitrogens is 2. The van der Waals surface area contributed by atoms with Crippen LogP contribution in [-0.2, 0) is 29.1 Å². The number of hydrogen-bond donors (Lipinski definition) is 2. The normalized spacial score (nSPS) is 10.7. The van der Waals surface area contributed by atoms with Gasteiger partial charge in [0.2, 0.25) is 11.8 Å². The number of benzene rings is 3. The maximum Gasteiger partial charge on any atom is 0.220 e. The molecule has 0 bridgehead atoms. The van der Waals surface area contributed by atoms with E-state index in [-0.39, 0.29) is 30.6 Å². The Hall–Kier alpha value is -4.46. The molecule has 0 aliphatic carbocycles. The largest absolute Gasteiger partial charge is 0.497 e. The molecule has 0 fully saturated rings. The summed E-state index contributed by atoms with van der Waals surface area (Å²) in [5.41, 5.74) is 5.09. The van der Waals surface area contributed by atoms with Crippen LogP contribution in [-0.4, -0.2) is 28.7 Å². The van der Waals surface area contributed by atoms with Gasteiger partial charge in [-0.05, 0) is 59.7 Å². The van der Waals surface area contributed by atoms with Crippen LogP contribution in [0.4, 0.5) is 4.39 Å². The van der Waals surface area contributed by atoms with Gasteiger partial charge in [-0.25, -0.2) is 9.07 Å². The number of rotatable bonds is 10. The third kappa shape index (κ3) is 7.04. The SMILES string of the molecule is COc1ccc(-n2nc(CCC(=O)NCc3cccc(F)c3)cc2-c2cccc(CNC(C)=O)c2)cc1. The monoisotopic (exact) mass is 500 g/mol. The predicted molar refractivity (Wildman–Crippen MR) is 140 cm³/mol. The predicted octanol–water partition coefficient (Wildman–Crippen LogP) is 4.57. The number of aryl methyl sites for hydroxylation is 1. The number of hydrogen-bond acceptors (Lipinski definition) is 4.